The third kappa shape index (κ3) is 3.46. The fraction of sp³-hybridized carbons (Fsp3) is 0.263. The Hall–Kier alpha value is -3.09. The molecule has 1 atom stereocenters. The number of halogens is 1. The maximum atomic E-state index is 12.9. The molecule has 0 bridgehead atoms. The first-order chi connectivity index (χ1) is 12.5. The highest BCUT2D eigenvalue weighted by Crippen LogP contribution is 2.42. The summed E-state index contributed by atoms with van der Waals surface area (Å²) < 4.78 is 28.7. The molecular formula is C19H18FNO5. The van der Waals surface area contributed by atoms with Crippen LogP contribution in [0.25, 0.3) is 0 Å². The molecule has 0 spiro atoms. The number of hydrogen-bond acceptors (Lipinski definition) is 5. The second-order valence-electron chi connectivity index (χ2n) is 5.77. The van der Waals surface area contributed by atoms with Crippen LogP contribution in [0.3, 0.4) is 0 Å². The lowest BCUT2D eigenvalue weighted by Gasteiger charge is -2.12. The van der Waals surface area contributed by atoms with E-state index in [-0.39, 0.29) is 30.3 Å². The van der Waals surface area contributed by atoms with Crippen LogP contribution in [0.4, 0.5) is 4.39 Å². The summed E-state index contributed by atoms with van der Waals surface area (Å²) in [5, 5.41) is 2.73. The Morgan fingerprint density at radius 3 is 2.54 bits per heavy atom. The van der Waals surface area contributed by atoms with Crippen molar-refractivity contribution in [3.8, 4) is 11.5 Å². The molecule has 0 saturated heterocycles. The Bertz CT molecular complexity index is 835. The summed E-state index contributed by atoms with van der Waals surface area (Å²) in [5.74, 6) is -0.449. The minimum absolute atomic E-state index is 0.0184. The number of cyclic esters (lactones) is 1. The molecule has 6 nitrogen and oxygen atoms in total. The number of ether oxygens (including phenoxy) is 3. The van der Waals surface area contributed by atoms with Crippen LogP contribution in [0.15, 0.2) is 36.4 Å². The van der Waals surface area contributed by atoms with E-state index in [0.29, 0.717) is 17.1 Å². The molecule has 0 aromatic heterocycles. The highest BCUT2D eigenvalue weighted by atomic mass is 19.1. The molecule has 2 aromatic carbocycles. The second-order valence-corrected chi connectivity index (χ2v) is 5.77. The van der Waals surface area contributed by atoms with E-state index in [1.54, 1.807) is 24.3 Å². The zero-order valence-electron chi connectivity index (χ0n) is 14.4. The average Bonchev–Trinajstić information content (AvgIpc) is 2.96. The van der Waals surface area contributed by atoms with Gasteiger partial charge in [-0.3, -0.25) is 4.79 Å². The molecule has 1 aliphatic heterocycles. The van der Waals surface area contributed by atoms with Crippen LogP contribution in [-0.4, -0.2) is 26.1 Å². The number of rotatable bonds is 6. The van der Waals surface area contributed by atoms with Gasteiger partial charge in [0, 0.05) is 12.1 Å². The van der Waals surface area contributed by atoms with Gasteiger partial charge < -0.3 is 19.5 Å². The third-order valence-electron chi connectivity index (χ3n) is 4.15. The van der Waals surface area contributed by atoms with Crippen molar-refractivity contribution in [1.29, 1.82) is 0 Å². The number of hydrogen-bond donors (Lipinski definition) is 1. The number of benzene rings is 2. The van der Waals surface area contributed by atoms with Gasteiger partial charge in [0.15, 0.2) is 11.5 Å². The molecule has 1 heterocycles. The molecule has 1 amide bonds. The van der Waals surface area contributed by atoms with Gasteiger partial charge >= 0.3 is 5.97 Å². The van der Waals surface area contributed by atoms with Crippen molar-refractivity contribution < 1.29 is 28.2 Å². The van der Waals surface area contributed by atoms with Crippen molar-refractivity contribution in [2.75, 3.05) is 14.2 Å². The first-order valence-electron chi connectivity index (χ1n) is 8.00. The van der Waals surface area contributed by atoms with Gasteiger partial charge in [-0.2, -0.15) is 0 Å². The zero-order chi connectivity index (χ0) is 18.7. The Morgan fingerprint density at radius 2 is 1.88 bits per heavy atom. The van der Waals surface area contributed by atoms with Crippen molar-refractivity contribution in [1.82, 2.24) is 5.32 Å². The highest BCUT2D eigenvalue weighted by Gasteiger charge is 2.36. The number of nitrogens with one attached hydrogen (secondary N) is 1. The van der Waals surface area contributed by atoms with Crippen LogP contribution in [0, 0.1) is 5.82 Å². The fourth-order valence-corrected chi connectivity index (χ4v) is 2.87. The first kappa shape index (κ1) is 17.7. The van der Waals surface area contributed by atoms with Crippen molar-refractivity contribution in [3.05, 3.63) is 58.9 Å². The van der Waals surface area contributed by atoms with Crippen LogP contribution in [0.1, 0.15) is 34.0 Å². The Morgan fingerprint density at radius 1 is 1.15 bits per heavy atom. The Balaban J connectivity index is 1.69. The summed E-state index contributed by atoms with van der Waals surface area (Å²) >= 11 is 0. The molecule has 2 aromatic rings. The number of esters is 1. The summed E-state index contributed by atoms with van der Waals surface area (Å²) in [6.45, 7) is 0.262. The minimum atomic E-state index is -0.689. The molecule has 0 unspecified atom stereocenters. The van der Waals surface area contributed by atoms with Gasteiger partial charge in [0.05, 0.1) is 20.6 Å². The molecule has 0 aliphatic carbocycles. The van der Waals surface area contributed by atoms with Crippen molar-refractivity contribution in [3.63, 3.8) is 0 Å². The van der Waals surface area contributed by atoms with Crippen molar-refractivity contribution in [2.45, 2.75) is 19.1 Å². The van der Waals surface area contributed by atoms with E-state index in [2.05, 4.69) is 5.32 Å². The molecular weight excluding hydrogens is 341 g/mol. The molecule has 1 aliphatic rings. The second kappa shape index (κ2) is 7.43. The number of methoxy groups -OCH3 is 2. The summed E-state index contributed by atoms with van der Waals surface area (Å²) in [5.41, 5.74) is 1.64. The fourth-order valence-electron chi connectivity index (χ4n) is 2.87. The molecule has 0 fully saturated rings. The largest absolute Gasteiger partial charge is 0.493 e. The quantitative estimate of drug-likeness (QED) is 0.803. The van der Waals surface area contributed by atoms with Crippen molar-refractivity contribution in [2.24, 2.45) is 0 Å². The molecule has 26 heavy (non-hydrogen) atoms. The molecule has 1 N–H and O–H groups in total. The van der Waals surface area contributed by atoms with Gasteiger partial charge in [0.2, 0.25) is 5.91 Å². The van der Waals surface area contributed by atoms with Crippen LogP contribution < -0.4 is 14.8 Å². The van der Waals surface area contributed by atoms with E-state index >= 15 is 0 Å². The Labute approximate surface area is 149 Å². The predicted molar refractivity (Wildman–Crippen MR) is 90.6 cm³/mol. The van der Waals surface area contributed by atoms with E-state index in [4.69, 9.17) is 14.2 Å². The maximum absolute atomic E-state index is 12.9. The van der Waals surface area contributed by atoms with Crippen LogP contribution in [0.2, 0.25) is 0 Å². The van der Waals surface area contributed by atoms with E-state index in [1.165, 1.54) is 26.4 Å². The molecule has 7 heteroatoms. The molecule has 3 rings (SSSR count). The summed E-state index contributed by atoms with van der Waals surface area (Å²) in [4.78, 5) is 24.4. The van der Waals surface area contributed by atoms with Gasteiger partial charge in [-0.15, -0.1) is 0 Å². The maximum Gasteiger partial charge on any atom is 0.343 e. The SMILES string of the molecule is COc1ccc2c(c1OC)C(=O)O[C@H]2CC(=O)NCc1ccc(F)cc1. The molecule has 136 valence electrons. The lowest BCUT2D eigenvalue weighted by molar-refractivity contribution is -0.123. The minimum Gasteiger partial charge on any atom is -0.493 e. The van der Waals surface area contributed by atoms with Gasteiger partial charge in [0.1, 0.15) is 17.5 Å². The number of carbonyl (C=O) groups is 2. The monoisotopic (exact) mass is 359 g/mol. The summed E-state index contributed by atoms with van der Waals surface area (Å²) in [7, 11) is 2.92. The Kier molecular flexibility index (Phi) is 5.06. The average molecular weight is 359 g/mol. The lowest BCUT2D eigenvalue weighted by atomic mass is 10.0. The van der Waals surface area contributed by atoms with Gasteiger partial charge in [-0.25, -0.2) is 9.18 Å². The normalized spacial score (nSPS) is 15.2. The van der Waals surface area contributed by atoms with Crippen LogP contribution in [0.5, 0.6) is 11.5 Å². The van der Waals surface area contributed by atoms with E-state index in [1.807, 2.05) is 0 Å². The summed E-state index contributed by atoms with van der Waals surface area (Å²) in [6.07, 6.45) is -0.708. The zero-order valence-corrected chi connectivity index (χ0v) is 14.4. The molecule has 0 saturated carbocycles. The van der Waals surface area contributed by atoms with Crippen LogP contribution >= 0.6 is 0 Å². The number of carbonyl (C=O) groups excluding carboxylic acids is 2. The highest BCUT2D eigenvalue weighted by molar-refractivity contribution is 5.98. The standard InChI is InChI=1S/C19H18FNO5/c1-24-14-8-7-13-15(26-19(23)17(13)18(14)25-2)9-16(22)21-10-11-3-5-12(20)6-4-11/h3-8,15H,9-10H2,1-2H3,(H,21,22)/t15-/m0/s1. The van der Waals surface area contributed by atoms with Gasteiger partial charge in [-0.1, -0.05) is 18.2 Å². The number of fused-ring (bicyclic) bond motifs is 1. The van der Waals surface area contributed by atoms with Gasteiger partial charge in [-0.05, 0) is 23.8 Å². The smallest absolute Gasteiger partial charge is 0.343 e. The predicted octanol–water partition coefficient (Wildman–Crippen LogP) is 2.76. The van der Waals surface area contributed by atoms with E-state index in [9.17, 15) is 14.0 Å². The number of amides is 1. The topological polar surface area (TPSA) is 73.9 Å². The van der Waals surface area contributed by atoms with Crippen LogP contribution in [-0.2, 0) is 16.1 Å². The summed E-state index contributed by atoms with van der Waals surface area (Å²) in [6, 6.07) is 9.21. The van der Waals surface area contributed by atoms with Crippen molar-refractivity contribution >= 4 is 11.9 Å². The van der Waals surface area contributed by atoms with E-state index in [0.717, 1.165) is 5.56 Å². The van der Waals surface area contributed by atoms with E-state index < -0.39 is 12.1 Å². The van der Waals surface area contributed by atoms with Gasteiger partial charge in [0.25, 0.3) is 0 Å². The lowest BCUT2D eigenvalue weighted by Crippen LogP contribution is -2.24. The first-order valence-corrected chi connectivity index (χ1v) is 8.00. The third-order valence-corrected chi connectivity index (χ3v) is 4.15. The molecule has 0 radical (unpaired) electrons.